The molecule has 0 aliphatic carbocycles. The third-order valence-electron chi connectivity index (χ3n) is 5.78. The normalized spacial score (nSPS) is 18.8. The molecule has 3 heterocycles. The Kier molecular flexibility index (Phi) is 6.17. The number of likely N-dealkylation sites (tertiary alicyclic amines) is 1. The third-order valence-corrected chi connectivity index (χ3v) is 5.78. The number of rotatable bonds is 3. The number of aromatic nitrogens is 3. The van der Waals surface area contributed by atoms with Gasteiger partial charge in [0.05, 0.1) is 5.69 Å². The molecule has 0 spiro atoms. The van der Waals surface area contributed by atoms with Crippen LogP contribution >= 0.6 is 0 Å². The lowest BCUT2D eigenvalue weighted by atomic mass is 10.1. The van der Waals surface area contributed by atoms with Gasteiger partial charge in [-0.05, 0) is 64.7 Å². The lowest BCUT2D eigenvalue weighted by Gasteiger charge is -2.28. The van der Waals surface area contributed by atoms with Crippen LogP contribution in [0, 0.1) is 5.82 Å². The molecule has 2 amide bonds. The van der Waals surface area contributed by atoms with Gasteiger partial charge >= 0.3 is 6.09 Å². The average molecular weight is 444 g/mol. The number of hydrogen-bond acceptors (Lipinski definition) is 5. The van der Waals surface area contributed by atoms with Crippen LogP contribution in [0.5, 0.6) is 0 Å². The van der Waals surface area contributed by atoms with E-state index in [4.69, 9.17) is 4.74 Å². The summed E-state index contributed by atoms with van der Waals surface area (Å²) < 4.78 is 22.1. The van der Waals surface area contributed by atoms with Gasteiger partial charge in [-0.1, -0.05) is 6.42 Å². The number of fused-ring (bicyclic) bond motifs is 1. The number of carbonyl (C=O) groups excluding carboxylic acids is 2. The van der Waals surface area contributed by atoms with E-state index in [9.17, 15) is 14.0 Å². The molecule has 2 aliphatic heterocycles. The summed E-state index contributed by atoms with van der Waals surface area (Å²) in [5, 5.41) is 11.3. The van der Waals surface area contributed by atoms with Crippen molar-refractivity contribution in [3.05, 3.63) is 29.8 Å². The van der Waals surface area contributed by atoms with E-state index in [1.54, 1.807) is 32.9 Å². The van der Waals surface area contributed by atoms with Crippen LogP contribution in [-0.4, -0.2) is 49.9 Å². The number of aryl methyl sites for hydroxylation is 1. The minimum Gasteiger partial charge on any atom is -0.444 e. The van der Waals surface area contributed by atoms with Crippen LogP contribution in [0.2, 0.25) is 0 Å². The van der Waals surface area contributed by atoms with Gasteiger partial charge in [-0.15, -0.1) is 10.2 Å². The van der Waals surface area contributed by atoms with Crippen molar-refractivity contribution < 1.29 is 18.7 Å². The number of amides is 2. The second-order valence-corrected chi connectivity index (χ2v) is 9.42. The van der Waals surface area contributed by atoms with Crippen LogP contribution in [-0.2, 0) is 22.5 Å². The van der Waals surface area contributed by atoms with Gasteiger partial charge in [-0.3, -0.25) is 9.69 Å². The maximum atomic E-state index is 14.6. The standard InChI is InChI=1S/C23H30FN5O3/c1-23(2,3)32-22(31)28-13-7-8-18(28)21(30)25-17-14-15(10-11-16(17)24)20-27-26-19-9-5-4-6-12-29(19)20/h10-11,14,18H,4-9,12-13H2,1-3H3,(H,25,30)/t18-/m0/s1. The van der Waals surface area contributed by atoms with Crippen molar-refractivity contribution in [1.29, 1.82) is 0 Å². The molecule has 0 unspecified atom stereocenters. The monoisotopic (exact) mass is 443 g/mol. The molecule has 0 bridgehead atoms. The Morgan fingerprint density at radius 3 is 2.72 bits per heavy atom. The van der Waals surface area contributed by atoms with Gasteiger partial charge < -0.3 is 14.6 Å². The number of nitrogens with zero attached hydrogens (tertiary/aromatic N) is 4. The van der Waals surface area contributed by atoms with Crippen LogP contribution in [0.15, 0.2) is 18.2 Å². The topological polar surface area (TPSA) is 89.3 Å². The van der Waals surface area contributed by atoms with Crippen molar-refractivity contribution >= 4 is 17.7 Å². The highest BCUT2D eigenvalue weighted by Crippen LogP contribution is 2.28. The van der Waals surface area contributed by atoms with Crippen molar-refractivity contribution in [1.82, 2.24) is 19.7 Å². The predicted octanol–water partition coefficient (Wildman–Crippen LogP) is 4.15. The minimum atomic E-state index is -0.697. The smallest absolute Gasteiger partial charge is 0.410 e. The lowest BCUT2D eigenvalue weighted by Crippen LogP contribution is -2.45. The Labute approximate surface area is 187 Å². The SMILES string of the molecule is CC(C)(C)OC(=O)N1CCC[C@H]1C(=O)Nc1cc(-c2nnc3n2CCCCC3)ccc1F. The summed E-state index contributed by atoms with van der Waals surface area (Å²) in [7, 11) is 0. The van der Waals surface area contributed by atoms with Crippen molar-refractivity contribution in [3.8, 4) is 11.4 Å². The van der Waals surface area contributed by atoms with Crippen molar-refractivity contribution in [2.45, 2.75) is 77.5 Å². The molecule has 9 heteroatoms. The van der Waals surface area contributed by atoms with E-state index in [1.165, 1.54) is 11.0 Å². The van der Waals surface area contributed by atoms with E-state index in [2.05, 4.69) is 20.1 Å². The van der Waals surface area contributed by atoms with Gasteiger partial charge in [0.1, 0.15) is 23.3 Å². The zero-order chi connectivity index (χ0) is 22.9. The highest BCUT2D eigenvalue weighted by Gasteiger charge is 2.37. The number of ether oxygens (including phenoxy) is 1. The fraction of sp³-hybridized carbons (Fsp3) is 0.565. The number of hydrogen-bond donors (Lipinski definition) is 1. The Bertz CT molecular complexity index is 1010. The Morgan fingerprint density at radius 2 is 1.94 bits per heavy atom. The number of halogens is 1. The summed E-state index contributed by atoms with van der Waals surface area (Å²) in [6.45, 7) is 6.59. The van der Waals surface area contributed by atoms with Gasteiger partial charge in [-0.25, -0.2) is 9.18 Å². The van der Waals surface area contributed by atoms with E-state index in [1.807, 2.05) is 0 Å². The Hall–Kier alpha value is -2.97. The average Bonchev–Trinajstić information content (AvgIpc) is 3.30. The summed E-state index contributed by atoms with van der Waals surface area (Å²) >= 11 is 0. The highest BCUT2D eigenvalue weighted by molar-refractivity contribution is 5.97. The maximum Gasteiger partial charge on any atom is 0.410 e. The first-order chi connectivity index (χ1) is 15.2. The van der Waals surface area contributed by atoms with E-state index in [-0.39, 0.29) is 5.69 Å². The quantitative estimate of drug-likeness (QED) is 0.770. The van der Waals surface area contributed by atoms with Crippen molar-refractivity contribution in [3.63, 3.8) is 0 Å². The molecule has 2 aromatic rings. The van der Waals surface area contributed by atoms with Crippen LogP contribution in [0.25, 0.3) is 11.4 Å². The summed E-state index contributed by atoms with van der Waals surface area (Å²) in [5.74, 6) is 0.643. The van der Waals surface area contributed by atoms with Crippen molar-refractivity contribution in [2.75, 3.05) is 11.9 Å². The minimum absolute atomic E-state index is 0.0644. The lowest BCUT2D eigenvalue weighted by molar-refractivity contribution is -0.120. The van der Waals surface area contributed by atoms with Gasteiger partial charge in [-0.2, -0.15) is 0 Å². The second kappa shape index (κ2) is 8.88. The first-order valence-corrected chi connectivity index (χ1v) is 11.3. The zero-order valence-electron chi connectivity index (χ0n) is 18.9. The maximum absolute atomic E-state index is 14.6. The number of carbonyl (C=O) groups is 2. The molecule has 1 N–H and O–H groups in total. The zero-order valence-corrected chi connectivity index (χ0v) is 18.9. The molecule has 1 saturated heterocycles. The molecule has 1 aromatic heterocycles. The van der Waals surface area contributed by atoms with E-state index < -0.39 is 29.5 Å². The largest absolute Gasteiger partial charge is 0.444 e. The van der Waals surface area contributed by atoms with Crippen molar-refractivity contribution in [2.24, 2.45) is 0 Å². The summed E-state index contributed by atoms with van der Waals surface area (Å²) in [5.41, 5.74) is 0.101. The summed E-state index contributed by atoms with van der Waals surface area (Å²) in [6.07, 6.45) is 4.80. The molecule has 2 aliphatic rings. The molecule has 1 fully saturated rings. The third kappa shape index (κ3) is 4.76. The second-order valence-electron chi connectivity index (χ2n) is 9.42. The Balaban J connectivity index is 1.53. The van der Waals surface area contributed by atoms with Crippen LogP contribution < -0.4 is 5.32 Å². The van der Waals surface area contributed by atoms with E-state index in [0.29, 0.717) is 30.8 Å². The Morgan fingerprint density at radius 1 is 1.12 bits per heavy atom. The fourth-order valence-corrected chi connectivity index (χ4v) is 4.25. The molecule has 4 rings (SSSR count). The highest BCUT2D eigenvalue weighted by atomic mass is 19.1. The van der Waals surface area contributed by atoms with Crippen LogP contribution in [0.3, 0.4) is 0 Å². The first-order valence-electron chi connectivity index (χ1n) is 11.3. The predicted molar refractivity (Wildman–Crippen MR) is 118 cm³/mol. The molecule has 0 saturated carbocycles. The molecular weight excluding hydrogens is 413 g/mol. The summed E-state index contributed by atoms with van der Waals surface area (Å²) in [4.78, 5) is 26.9. The summed E-state index contributed by atoms with van der Waals surface area (Å²) in [6, 6.07) is 3.86. The molecule has 0 radical (unpaired) electrons. The number of benzene rings is 1. The van der Waals surface area contributed by atoms with Gasteiger partial charge in [0, 0.05) is 25.1 Å². The molecule has 1 atom stereocenters. The van der Waals surface area contributed by atoms with Gasteiger partial charge in [0.15, 0.2) is 5.82 Å². The molecule has 1 aromatic carbocycles. The van der Waals surface area contributed by atoms with Gasteiger partial charge in [0.25, 0.3) is 0 Å². The molecule has 172 valence electrons. The van der Waals surface area contributed by atoms with E-state index >= 15 is 0 Å². The number of anilines is 1. The fourth-order valence-electron chi connectivity index (χ4n) is 4.25. The number of nitrogens with one attached hydrogen (secondary N) is 1. The molecule has 8 nitrogen and oxygen atoms in total. The van der Waals surface area contributed by atoms with Crippen LogP contribution in [0.1, 0.15) is 58.7 Å². The van der Waals surface area contributed by atoms with Gasteiger partial charge in [0.2, 0.25) is 5.91 Å². The van der Waals surface area contributed by atoms with Crippen LogP contribution in [0.4, 0.5) is 14.9 Å². The van der Waals surface area contributed by atoms with E-state index in [0.717, 1.165) is 38.1 Å². The molecule has 32 heavy (non-hydrogen) atoms. The molecular formula is C23H30FN5O3. The first kappa shape index (κ1) is 22.2.